The fraction of sp³-hybridized carbons (Fsp3) is 0.846. The average molecular weight is 259 g/mol. The quantitative estimate of drug-likeness (QED) is 0.436. The van der Waals surface area contributed by atoms with Crippen LogP contribution in [0.25, 0.3) is 0 Å². The van der Waals surface area contributed by atoms with Crippen molar-refractivity contribution in [1.82, 2.24) is 5.32 Å². The van der Waals surface area contributed by atoms with E-state index in [0.717, 1.165) is 25.7 Å². The first kappa shape index (κ1) is 16.9. The number of aliphatic hydroxyl groups is 1. The van der Waals surface area contributed by atoms with Crippen molar-refractivity contribution in [3.8, 4) is 0 Å². The van der Waals surface area contributed by atoms with E-state index in [4.69, 9.17) is 5.11 Å². The Hall–Kier alpha value is -1.10. The van der Waals surface area contributed by atoms with Crippen molar-refractivity contribution in [2.45, 2.75) is 65.0 Å². The Labute approximate surface area is 109 Å². The highest BCUT2D eigenvalue weighted by Gasteiger charge is 2.42. The van der Waals surface area contributed by atoms with Gasteiger partial charge in [-0.2, -0.15) is 0 Å². The molecule has 2 atom stereocenters. The van der Waals surface area contributed by atoms with E-state index in [1.54, 1.807) is 13.8 Å². The van der Waals surface area contributed by atoms with Crippen LogP contribution < -0.4 is 5.32 Å². The highest BCUT2D eigenvalue weighted by molar-refractivity contribution is 5.85. The Balaban J connectivity index is 4.33. The molecule has 0 heterocycles. The Kier molecular flexibility index (Phi) is 7.59. The topological polar surface area (TPSA) is 86.6 Å². The van der Waals surface area contributed by atoms with Crippen LogP contribution in [0, 0.1) is 5.92 Å². The number of nitrogens with one attached hydrogen (secondary N) is 1. The summed E-state index contributed by atoms with van der Waals surface area (Å²) in [6.45, 7) is 5.45. The minimum absolute atomic E-state index is 0.256. The largest absolute Gasteiger partial charge is 0.478 e. The van der Waals surface area contributed by atoms with Crippen LogP contribution in [-0.4, -0.2) is 27.8 Å². The lowest BCUT2D eigenvalue weighted by molar-refractivity contribution is -0.172. The fourth-order valence-corrected chi connectivity index (χ4v) is 1.67. The normalized spacial score (nSPS) is 15.8. The standard InChI is InChI=1S/C13H25NO4/c1-4-6-7-8-9-11(15)14-13(18,12(16)17)10(3)5-2/h10,18H,4-9H2,1-3H3,(H,14,15)(H,16,17)/t10-,13+/m0/s1. The smallest absolute Gasteiger partial charge is 0.357 e. The number of rotatable bonds is 9. The van der Waals surface area contributed by atoms with Gasteiger partial charge in [0, 0.05) is 12.3 Å². The minimum Gasteiger partial charge on any atom is -0.478 e. The molecule has 0 fully saturated rings. The Morgan fingerprint density at radius 2 is 1.83 bits per heavy atom. The first-order valence-corrected chi connectivity index (χ1v) is 6.65. The molecule has 0 aromatic heterocycles. The second-order valence-electron chi connectivity index (χ2n) is 4.74. The van der Waals surface area contributed by atoms with Gasteiger partial charge in [-0.15, -0.1) is 0 Å². The van der Waals surface area contributed by atoms with E-state index in [0.29, 0.717) is 6.42 Å². The van der Waals surface area contributed by atoms with E-state index >= 15 is 0 Å². The Morgan fingerprint density at radius 3 is 2.28 bits per heavy atom. The van der Waals surface area contributed by atoms with Crippen molar-refractivity contribution in [2.24, 2.45) is 5.92 Å². The van der Waals surface area contributed by atoms with E-state index < -0.39 is 23.5 Å². The third-order valence-electron chi connectivity index (χ3n) is 3.24. The molecule has 0 aromatic carbocycles. The third kappa shape index (κ3) is 5.04. The van der Waals surface area contributed by atoms with Crippen LogP contribution in [-0.2, 0) is 9.59 Å². The molecule has 0 radical (unpaired) electrons. The van der Waals surface area contributed by atoms with Gasteiger partial charge in [-0.3, -0.25) is 4.79 Å². The lowest BCUT2D eigenvalue weighted by Crippen LogP contribution is -2.58. The molecule has 1 amide bonds. The van der Waals surface area contributed by atoms with Crippen LogP contribution in [0.3, 0.4) is 0 Å². The second-order valence-corrected chi connectivity index (χ2v) is 4.74. The van der Waals surface area contributed by atoms with Crippen molar-refractivity contribution >= 4 is 11.9 Å². The zero-order valence-corrected chi connectivity index (χ0v) is 11.5. The van der Waals surface area contributed by atoms with Gasteiger partial charge in [0.1, 0.15) is 0 Å². The summed E-state index contributed by atoms with van der Waals surface area (Å²) < 4.78 is 0. The molecule has 0 saturated carbocycles. The molecule has 0 aliphatic rings. The van der Waals surface area contributed by atoms with Crippen LogP contribution in [0.15, 0.2) is 0 Å². The number of carboxylic acids is 1. The van der Waals surface area contributed by atoms with Gasteiger partial charge in [-0.05, 0) is 12.8 Å². The monoisotopic (exact) mass is 259 g/mol. The number of hydrogen-bond acceptors (Lipinski definition) is 3. The number of aliphatic carboxylic acids is 1. The van der Waals surface area contributed by atoms with Crippen LogP contribution in [0.5, 0.6) is 0 Å². The maximum atomic E-state index is 11.6. The first-order chi connectivity index (χ1) is 8.38. The van der Waals surface area contributed by atoms with E-state index in [9.17, 15) is 14.7 Å². The van der Waals surface area contributed by atoms with Gasteiger partial charge < -0.3 is 15.5 Å². The molecule has 0 saturated heterocycles. The number of carboxylic acid groups (broad SMARTS) is 1. The number of hydrogen-bond donors (Lipinski definition) is 3. The Morgan fingerprint density at radius 1 is 1.22 bits per heavy atom. The van der Waals surface area contributed by atoms with Gasteiger partial charge in [0.15, 0.2) is 0 Å². The van der Waals surface area contributed by atoms with Crippen LogP contribution in [0.2, 0.25) is 0 Å². The maximum Gasteiger partial charge on any atom is 0.357 e. The number of unbranched alkanes of at least 4 members (excludes halogenated alkanes) is 3. The van der Waals surface area contributed by atoms with Crippen LogP contribution in [0.1, 0.15) is 59.3 Å². The van der Waals surface area contributed by atoms with E-state index in [-0.39, 0.29) is 6.42 Å². The molecule has 3 N–H and O–H groups in total. The summed E-state index contributed by atoms with van der Waals surface area (Å²) >= 11 is 0. The molecular formula is C13H25NO4. The van der Waals surface area contributed by atoms with Crippen molar-refractivity contribution in [3.63, 3.8) is 0 Å². The van der Waals surface area contributed by atoms with Gasteiger partial charge in [-0.25, -0.2) is 4.79 Å². The van der Waals surface area contributed by atoms with Crippen molar-refractivity contribution < 1.29 is 19.8 Å². The van der Waals surface area contributed by atoms with Crippen molar-refractivity contribution in [1.29, 1.82) is 0 Å². The number of carbonyl (C=O) groups is 2. The van der Waals surface area contributed by atoms with Gasteiger partial charge in [-0.1, -0.05) is 40.0 Å². The minimum atomic E-state index is -2.16. The summed E-state index contributed by atoms with van der Waals surface area (Å²) in [5, 5.41) is 21.3. The van der Waals surface area contributed by atoms with E-state index in [1.807, 2.05) is 0 Å². The highest BCUT2D eigenvalue weighted by Crippen LogP contribution is 2.18. The zero-order valence-electron chi connectivity index (χ0n) is 11.5. The SMILES string of the molecule is CCCCCCC(=O)N[C@](O)(C(=O)O)[C@@H](C)CC. The third-order valence-corrected chi connectivity index (χ3v) is 3.24. The fourth-order valence-electron chi connectivity index (χ4n) is 1.67. The molecule has 106 valence electrons. The predicted molar refractivity (Wildman–Crippen MR) is 68.9 cm³/mol. The molecule has 0 aliphatic carbocycles. The summed E-state index contributed by atoms with van der Waals surface area (Å²) in [5.74, 6) is -2.34. The summed E-state index contributed by atoms with van der Waals surface area (Å²) in [6, 6.07) is 0. The lowest BCUT2D eigenvalue weighted by Gasteiger charge is -2.30. The van der Waals surface area contributed by atoms with Crippen LogP contribution in [0.4, 0.5) is 0 Å². The molecule has 0 aromatic rings. The molecule has 18 heavy (non-hydrogen) atoms. The molecule has 0 bridgehead atoms. The summed E-state index contributed by atoms with van der Waals surface area (Å²) in [5.41, 5.74) is -2.16. The average Bonchev–Trinajstić information content (AvgIpc) is 2.33. The van der Waals surface area contributed by atoms with Crippen LogP contribution >= 0.6 is 0 Å². The summed E-state index contributed by atoms with van der Waals surface area (Å²) in [4.78, 5) is 22.7. The molecule has 0 unspecified atom stereocenters. The van der Waals surface area contributed by atoms with Gasteiger partial charge >= 0.3 is 5.97 Å². The number of amides is 1. The van der Waals surface area contributed by atoms with Gasteiger partial charge in [0.25, 0.3) is 0 Å². The van der Waals surface area contributed by atoms with Gasteiger partial charge in [0.05, 0.1) is 0 Å². The van der Waals surface area contributed by atoms with Crippen molar-refractivity contribution in [3.05, 3.63) is 0 Å². The highest BCUT2D eigenvalue weighted by atomic mass is 16.4. The molecule has 5 nitrogen and oxygen atoms in total. The van der Waals surface area contributed by atoms with Crippen molar-refractivity contribution in [2.75, 3.05) is 0 Å². The van der Waals surface area contributed by atoms with E-state index in [2.05, 4.69) is 12.2 Å². The summed E-state index contributed by atoms with van der Waals surface area (Å²) in [7, 11) is 0. The molecule has 0 aliphatic heterocycles. The first-order valence-electron chi connectivity index (χ1n) is 6.65. The van der Waals surface area contributed by atoms with E-state index in [1.165, 1.54) is 0 Å². The predicted octanol–water partition coefficient (Wildman–Crippen LogP) is 1.89. The maximum absolute atomic E-state index is 11.6. The zero-order chi connectivity index (χ0) is 14.2. The molecule has 0 spiro atoms. The molecule has 0 rings (SSSR count). The number of carbonyl (C=O) groups excluding carboxylic acids is 1. The molecule has 5 heteroatoms. The Bertz CT molecular complexity index is 280. The lowest BCUT2D eigenvalue weighted by atomic mass is 9.94. The summed E-state index contributed by atoms with van der Waals surface area (Å²) in [6.07, 6.45) is 4.52. The molecular weight excluding hydrogens is 234 g/mol. The second kappa shape index (κ2) is 8.08. The van der Waals surface area contributed by atoms with Gasteiger partial charge in [0.2, 0.25) is 11.6 Å².